The average molecular weight is 421 g/mol. The molecular formula is C17H26F3N5O2S. The SMILES string of the molecule is CC[C@@H]1C[C@H](C(F)(F)F)n2nc([C@H]3CCCN3S(=O)(=O)N3CCCC3)cc2N1. The molecule has 0 aromatic carbocycles. The van der Waals surface area contributed by atoms with Crippen LogP contribution in [0.25, 0.3) is 0 Å². The molecule has 1 N–H and O–H groups in total. The Morgan fingerprint density at radius 3 is 2.57 bits per heavy atom. The number of aromatic nitrogens is 2. The van der Waals surface area contributed by atoms with Gasteiger partial charge in [0, 0.05) is 31.7 Å². The number of halogens is 3. The van der Waals surface area contributed by atoms with Crippen molar-refractivity contribution in [2.45, 2.75) is 69.8 Å². The third-order valence-corrected chi connectivity index (χ3v) is 8.06. The Hall–Kier alpha value is -1.33. The van der Waals surface area contributed by atoms with E-state index in [2.05, 4.69) is 10.4 Å². The van der Waals surface area contributed by atoms with Gasteiger partial charge >= 0.3 is 6.18 Å². The summed E-state index contributed by atoms with van der Waals surface area (Å²) in [7, 11) is -3.62. The smallest absolute Gasteiger partial charge is 0.367 e. The van der Waals surface area contributed by atoms with Crippen molar-refractivity contribution in [3.63, 3.8) is 0 Å². The van der Waals surface area contributed by atoms with Gasteiger partial charge in [0.15, 0.2) is 6.04 Å². The maximum atomic E-state index is 13.6. The van der Waals surface area contributed by atoms with Crippen molar-refractivity contribution >= 4 is 16.0 Å². The van der Waals surface area contributed by atoms with Gasteiger partial charge in [-0.2, -0.15) is 35.3 Å². The van der Waals surface area contributed by atoms with Gasteiger partial charge in [-0.05, 0) is 38.5 Å². The second kappa shape index (κ2) is 7.17. The molecule has 1 aromatic rings. The predicted octanol–water partition coefficient (Wildman–Crippen LogP) is 3.06. The Bertz CT molecular complexity index is 819. The summed E-state index contributed by atoms with van der Waals surface area (Å²) in [6, 6.07) is -0.882. The van der Waals surface area contributed by atoms with Crippen molar-refractivity contribution in [3.05, 3.63) is 11.8 Å². The molecule has 3 aliphatic heterocycles. The summed E-state index contributed by atoms with van der Waals surface area (Å²) in [6.07, 6.45) is -0.978. The van der Waals surface area contributed by atoms with Crippen molar-refractivity contribution in [2.75, 3.05) is 25.0 Å². The topological polar surface area (TPSA) is 70.5 Å². The van der Waals surface area contributed by atoms with Crippen LogP contribution >= 0.6 is 0 Å². The first-order chi connectivity index (χ1) is 13.2. The van der Waals surface area contributed by atoms with Crippen LogP contribution in [-0.2, 0) is 10.2 Å². The van der Waals surface area contributed by atoms with E-state index in [1.54, 1.807) is 6.07 Å². The number of fused-ring (bicyclic) bond motifs is 1. The Morgan fingerprint density at radius 2 is 1.93 bits per heavy atom. The zero-order valence-corrected chi connectivity index (χ0v) is 16.6. The van der Waals surface area contributed by atoms with Gasteiger partial charge in [-0.1, -0.05) is 6.92 Å². The lowest BCUT2D eigenvalue weighted by Crippen LogP contribution is -2.42. The maximum Gasteiger partial charge on any atom is 0.410 e. The van der Waals surface area contributed by atoms with E-state index in [9.17, 15) is 21.6 Å². The molecule has 0 unspecified atom stereocenters. The first kappa shape index (κ1) is 20.0. The monoisotopic (exact) mass is 421 g/mol. The predicted molar refractivity (Wildman–Crippen MR) is 98.0 cm³/mol. The molecule has 3 atom stereocenters. The lowest BCUT2D eigenvalue weighted by molar-refractivity contribution is -0.173. The number of alkyl halides is 3. The van der Waals surface area contributed by atoms with Gasteiger partial charge in [0.05, 0.1) is 11.7 Å². The van der Waals surface area contributed by atoms with Crippen LogP contribution in [0, 0.1) is 0 Å². The van der Waals surface area contributed by atoms with Crippen molar-refractivity contribution in [1.82, 2.24) is 18.4 Å². The summed E-state index contributed by atoms with van der Waals surface area (Å²) >= 11 is 0. The highest BCUT2D eigenvalue weighted by Crippen LogP contribution is 2.42. The van der Waals surface area contributed by atoms with Gasteiger partial charge in [-0.3, -0.25) is 0 Å². The third-order valence-electron chi connectivity index (χ3n) is 6.01. The van der Waals surface area contributed by atoms with E-state index < -0.39 is 28.5 Å². The van der Waals surface area contributed by atoms with Gasteiger partial charge in [0.1, 0.15) is 5.82 Å². The fourth-order valence-corrected chi connectivity index (χ4v) is 6.39. The van der Waals surface area contributed by atoms with Crippen molar-refractivity contribution in [1.29, 1.82) is 0 Å². The van der Waals surface area contributed by atoms with E-state index in [1.807, 2.05) is 6.92 Å². The van der Waals surface area contributed by atoms with Gasteiger partial charge in [0.25, 0.3) is 10.2 Å². The molecule has 0 aliphatic carbocycles. The van der Waals surface area contributed by atoms with Gasteiger partial charge in [0.2, 0.25) is 0 Å². The molecule has 0 bridgehead atoms. The normalized spacial score (nSPS) is 29.8. The first-order valence-electron chi connectivity index (χ1n) is 9.91. The van der Waals surface area contributed by atoms with Crippen LogP contribution in [0.2, 0.25) is 0 Å². The number of hydrogen-bond donors (Lipinski definition) is 1. The Labute approximate surface area is 163 Å². The maximum absolute atomic E-state index is 13.6. The van der Waals surface area contributed by atoms with E-state index in [-0.39, 0.29) is 12.5 Å². The summed E-state index contributed by atoms with van der Waals surface area (Å²) in [5.41, 5.74) is 0.397. The van der Waals surface area contributed by atoms with Crippen LogP contribution in [-0.4, -0.2) is 58.7 Å². The molecule has 3 aliphatic rings. The van der Waals surface area contributed by atoms with Crippen LogP contribution < -0.4 is 5.32 Å². The van der Waals surface area contributed by atoms with Crippen molar-refractivity contribution in [2.24, 2.45) is 0 Å². The van der Waals surface area contributed by atoms with E-state index >= 15 is 0 Å². The van der Waals surface area contributed by atoms with E-state index in [4.69, 9.17) is 0 Å². The molecule has 0 radical (unpaired) electrons. The Kier molecular flexibility index (Phi) is 5.11. The minimum Gasteiger partial charge on any atom is -0.367 e. The third kappa shape index (κ3) is 3.41. The highest BCUT2D eigenvalue weighted by molar-refractivity contribution is 7.86. The Balaban J connectivity index is 1.66. The molecule has 158 valence electrons. The quantitative estimate of drug-likeness (QED) is 0.811. The summed E-state index contributed by atoms with van der Waals surface area (Å²) in [4.78, 5) is 0. The van der Waals surface area contributed by atoms with Crippen molar-refractivity contribution in [3.8, 4) is 0 Å². The molecule has 0 amide bonds. The molecule has 4 heterocycles. The standard InChI is InChI=1S/C17H26F3N5O2S/c1-2-12-10-15(17(18,19)20)25-16(21-12)11-13(22-25)14-6-5-9-24(14)28(26,27)23-7-3-4-8-23/h11-12,14-15,21H,2-10H2,1H3/t12-,14-,15-/m1/s1. The highest BCUT2D eigenvalue weighted by Gasteiger charge is 2.47. The van der Waals surface area contributed by atoms with E-state index in [1.165, 1.54) is 8.61 Å². The summed E-state index contributed by atoms with van der Waals surface area (Å²) < 4.78 is 70.7. The number of anilines is 1. The lowest BCUT2D eigenvalue weighted by atomic mass is 10.0. The molecule has 4 rings (SSSR count). The Morgan fingerprint density at radius 1 is 1.21 bits per heavy atom. The largest absolute Gasteiger partial charge is 0.410 e. The van der Waals surface area contributed by atoms with Crippen molar-refractivity contribution < 1.29 is 21.6 Å². The first-order valence-corrected chi connectivity index (χ1v) is 11.3. The van der Waals surface area contributed by atoms with Gasteiger partial charge < -0.3 is 5.32 Å². The number of nitrogens with one attached hydrogen (secondary N) is 1. The summed E-state index contributed by atoms with van der Waals surface area (Å²) in [6.45, 7) is 3.22. The summed E-state index contributed by atoms with van der Waals surface area (Å²) in [5.74, 6) is 0.320. The zero-order chi connectivity index (χ0) is 20.1. The average Bonchev–Trinajstić information content (AvgIpc) is 3.39. The second-order valence-electron chi connectivity index (χ2n) is 7.82. The fourth-order valence-electron chi connectivity index (χ4n) is 4.48. The zero-order valence-electron chi connectivity index (χ0n) is 15.8. The molecule has 0 spiro atoms. The van der Waals surface area contributed by atoms with Gasteiger partial charge in [-0.25, -0.2) is 4.68 Å². The van der Waals surface area contributed by atoms with Crippen LogP contribution in [0.4, 0.5) is 19.0 Å². The minimum atomic E-state index is -4.40. The molecule has 0 saturated carbocycles. The number of hydrogen-bond acceptors (Lipinski definition) is 4. The minimum absolute atomic E-state index is 0.0748. The highest BCUT2D eigenvalue weighted by atomic mass is 32.2. The molecule has 7 nitrogen and oxygen atoms in total. The van der Waals surface area contributed by atoms with Gasteiger partial charge in [-0.15, -0.1) is 0 Å². The molecule has 1 aromatic heterocycles. The molecule has 2 saturated heterocycles. The molecule has 11 heteroatoms. The molecular weight excluding hydrogens is 395 g/mol. The van der Waals surface area contributed by atoms with E-state index in [0.29, 0.717) is 50.4 Å². The lowest BCUT2D eigenvalue weighted by Gasteiger charge is -2.32. The summed E-state index contributed by atoms with van der Waals surface area (Å²) in [5, 5.41) is 7.37. The van der Waals surface area contributed by atoms with Crippen LogP contribution in [0.3, 0.4) is 0 Å². The number of rotatable bonds is 4. The van der Waals surface area contributed by atoms with E-state index in [0.717, 1.165) is 17.5 Å². The van der Waals surface area contributed by atoms with Crippen LogP contribution in [0.1, 0.15) is 63.2 Å². The fraction of sp³-hybridized carbons (Fsp3) is 0.824. The second-order valence-corrected chi connectivity index (χ2v) is 9.71. The molecule has 28 heavy (non-hydrogen) atoms. The molecule has 2 fully saturated rings. The van der Waals surface area contributed by atoms with Crippen LogP contribution in [0.15, 0.2) is 6.07 Å². The van der Waals surface area contributed by atoms with Crippen LogP contribution in [0.5, 0.6) is 0 Å². The number of nitrogens with zero attached hydrogens (tertiary/aromatic N) is 4.